The molecule has 0 saturated heterocycles. The van der Waals surface area contributed by atoms with Crippen molar-refractivity contribution in [2.24, 2.45) is 5.73 Å². The summed E-state index contributed by atoms with van der Waals surface area (Å²) in [5.41, 5.74) is 9.09. The fraction of sp³-hybridized carbons (Fsp3) is 0.286. The van der Waals surface area contributed by atoms with E-state index < -0.39 is 0 Å². The van der Waals surface area contributed by atoms with Crippen molar-refractivity contribution in [3.63, 3.8) is 0 Å². The van der Waals surface area contributed by atoms with Crippen LogP contribution in [0.1, 0.15) is 35.5 Å². The lowest BCUT2D eigenvalue weighted by molar-refractivity contribution is 0.392. The third-order valence-electron chi connectivity index (χ3n) is 3.15. The molecular weight excluding hydrogens is 294 g/mol. The van der Waals surface area contributed by atoms with Crippen LogP contribution in [0.15, 0.2) is 22.7 Å². The van der Waals surface area contributed by atoms with Crippen LogP contribution in [-0.2, 0) is 0 Å². The topological polar surface area (TPSA) is 64.1 Å². The summed E-state index contributed by atoms with van der Waals surface area (Å²) in [6.07, 6.45) is 0. The van der Waals surface area contributed by atoms with Gasteiger partial charge >= 0.3 is 0 Å². The number of halogens is 1. The fourth-order valence-electron chi connectivity index (χ4n) is 2.31. The van der Waals surface area contributed by atoms with E-state index in [1.165, 1.54) is 0 Å². The lowest BCUT2D eigenvalue weighted by Crippen LogP contribution is -2.16. The highest BCUT2D eigenvalue weighted by Crippen LogP contribution is 2.29. The molecule has 0 saturated carbocycles. The summed E-state index contributed by atoms with van der Waals surface area (Å²) in [5.74, 6) is 0.793. The van der Waals surface area contributed by atoms with Crippen molar-refractivity contribution in [3.05, 3.63) is 45.8 Å². The highest BCUT2D eigenvalue weighted by Gasteiger charge is 2.18. The van der Waals surface area contributed by atoms with E-state index in [1.54, 1.807) is 6.07 Å². The SMILES string of the molecule is Cc1noc(C)c1C(C)Nc1cccc(Cl)c1C(N)=S. The third-order valence-corrected chi connectivity index (χ3v) is 3.67. The maximum atomic E-state index is 6.16. The molecule has 3 N–H and O–H groups in total. The van der Waals surface area contributed by atoms with E-state index >= 15 is 0 Å². The first kappa shape index (κ1) is 14.8. The minimum Gasteiger partial charge on any atom is -0.389 e. The summed E-state index contributed by atoms with van der Waals surface area (Å²) in [6.45, 7) is 5.83. The Balaban J connectivity index is 2.36. The second-order valence-electron chi connectivity index (χ2n) is 4.63. The van der Waals surface area contributed by atoms with Crippen molar-refractivity contribution in [2.45, 2.75) is 26.8 Å². The monoisotopic (exact) mass is 309 g/mol. The molecule has 0 aliphatic heterocycles. The van der Waals surface area contributed by atoms with Crippen LogP contribution in [-0.4, -0.2) is 10.1 Å². The minimum absolute atomic E-state index is 0.00724. The molecule has 20 heavy (non-hydrogen) atoms. The van der Waals surface area contributed by atoms with Gasteiger partial charge in [-0.2, -0.15) is 0 Å². The van der Waals surface area contributed by atoms with Gasteiger partial charge in [-0.1, -0.05) is 35.0 Å². The van der Waals surface area contributed by atoms with Gasteiger partial charge < -0.3 is 15.6 Å². The number of thiocarbonyl (C=S) groups is 1. The van der Waals surface area contributed by atoms with Gasteiger partial charge in [-0.15, -0.1) is 0 Å². The molecule has 106 valence electrons. The second kappa shape index (κ2) is 5.81. The number of nitrogens with two attached hydrogens (primary N) is 1. The Morgan fingerprint density at radius 1 is 1.45 bits per heavy atom. The normalized spacial score (nSPS) is 12.2. The Morgan fingerprint density at radius 3 is 2.70 bits per heavy atom. The highest BCUT2D eigenvalue weighted by molar-refractivity contribution is 7.80. The molecule has 0 spiro atoms. The average molecular weight is 310 g/mol. The molecule has 0 aliphatic carbocycles. The largest absolute Gasteiger partial charge is 0.389 e. The number of rotatable bonds is 4. The van der Waals surface area contributed by atoms with E-state index in [2.05, 4.69) is 10.5 Å². The van der Waals surface area contributed by atoms with Crippen LogP contribution < -0.4 is 11.1 Å². The Labute approximate surface area is 128 Å². The number of hydrogen-bond acceptors (Lipinski definition) is 4. The van der Waals surface area contributed by atoms with Crippen LogP contribution >= 0.6 is 23.8 Å². The molecule has 2 aromatic rings. The molecule has 0 amide bonds. The maximum Gasteiger partial charge on any atom is 0.139 e. The molecule has 1 aromatic heterocycles. The van der Waals surface area contributed by atoms with Gasteiger partial charge in [-0.25, -0.2) is 0 Å². The lowest BCUT2D eigenvalue weighted by atomic mass is 10.1. The number of nitrogens with one attached hydrogen (secondary N) is 1. The first-order valence-corrected chi connectivity index (χ1v) is 6.98. The number of benzene rings is 1. The zero-order chi connectivity index (χ0) is 14.9. The third kappa shape index (κ3) is 2.78. The summed E-state index contributed by atoms with van der Waals surface area (Å²) in [6, 6.07) is 5.52. The quantitative estimate of drug-likeness (QED) is 0.842. The molecule has 0 aliphatic rings. The van der Waals surface area contributed by atoms with Crippen LogP contribution in [0.5, 0.6) is 0 Å². The summed E-state index contributed by atoms with van der Waals surface area (Å²) >= 11 is 11.2. The molecule has 0 radical (unpaired) electrons. The van der Waals surface area contributed by atoms with Gasteiger partial charge in [-0.3, -0.25) is 0 Å². The number of nitrogens with zero attached hydrogens (tertiary/aromatic N) is 1. The van der Waals surface area contributed by atoms with Gasteiger partial charge in [0.2, 0.25) is 0 Å². The van der Waals surface area contributed by atoms with E-state index in [9.17, 15) is 0 Å². The summed E-state index contributed by atoms with van der Waals surface area (Å²) in [4.78, 5) is 0.268. The first-order valence-electron chi connectivity index (χ1n) is 6.19. The number of hydrogen-bond donors (Lipinski definition) is 2. The highest BCUT2D eigenvalue weighted by atomic mass is 35.5. The summed E-state index contributed by atoms with van der Waals surface area (Å²) in [7, 11) is 0. The number of anilines is 1. The van der Waals surface area contributed by atoms with Gasteiger partial charge in [0.25, 0.3) is 0 Å². The first-order chi connectivity index (χ1) is 9.41. The number of aromatic nitrogens is 1. The smallest absolute Gasteiger partial charge is 0.139 e. The van der Waals surface area contributed by atoms with Gasteiger partial charge in [0.15, 0.2) is 0 Å². The predicted octanol–water partition coefficient (Wildman–Crippen LogP) is 3.75. The summed E-state index contributed by atoms with van der Waals surface area (Å²) in [5, 5.41) is 7.86. The minimum atomic E-state index is 0.00724. The Hall–Kier alpha value is -1.59. The van der Waals surface area contributed by atoms with Gasteiger partial charge in [0, 0.05) is 11.3 Å². The van der Waals surface area contributed by atoms with Crippen LogP contribution in [0.4, 0.5) is 5.69 Å². The van der Waals surface area contributed by atoms with Gasteiger partial charge in [-0.05, 0) is 32.9 Å². The van der Waals surface area contributed by atoms with Crippen molar-refractivity contribution in [1.82, 2.24) is 5.16 Å². The average Bonchev–Trinajstić information content (AvgIpc) is 2.68. The Bertz CT molecular complexity index is 634. The van der Waals surface area contributed by atoms with E-state index in [-0.39, 0.29) is 11.0 Å². The fourth-order valence-corrected chi connectivity index (χ4v) is 2.86. The van der Waals surface area contributed by atoms with E-state index in [0.29, 0.717) is 10.6 Å². The molecule has 1 heterocycles. The second-order valence-corrected chi connectivity index (χ2v) is 5.48. The van der Waals surface area contributed by atoms with Crippen LogP contribution in [0.25, 0.3) is 0 Å². The molecule has 0 bridgehead atoms. The molecule has 2 rings (SSSR count). The van der Waals surface area contributed by atoms with Crippen LogP contribution in [0.3, 0.4) is 0 Å². The van der Waals surface area contributed by atoms with Crippen LogP contribution in [0.2, 0.25) is 5.02 Å². The molecule has 1 aromatic carbocycles. The van der Waals surface area contributed by atoms with E-state index in [1.807, 2.05) is 32.9 Å². The molecule has 6 heteroatoms. The van der Waals surface area contributed by atoms with Crippen molar-refractivity contribution in [2.75, 3.05) is 5.32 Å². The van der Waals surface area contributed by atoms with Gasteiger partial charge in [0.05, 0.1) is 22.3 Å². The summed E-state index contributed by atoms with van der Waals surface area (Å²) < 4.78 is 5.19. The van der Waals surface area contributed by atoms with Gasteiger partial charge in [0.1, 0.15) is 10.7 Å². The maximum absolute atomic E-state index is 6.16. The van der Waals surface area contributed by atoms with Crippen molar-refractivity contribution in [3.8, 4) is 0 Å². The zero-order valence-corrected chi connectivity index (χ0v) is 13.1. The van der Waals surface area contributed by atoms with E-state index in [4.69, 9.17) is 34.1 Å². The van der Waals surface area contributed by atoms with Crippen molar-refractivity contribution < 1.29 is 4.52 Å². The molecule has 1 unspecified atom stereocenters. The Kier molecular flexibility index (Phi) is 4.30. The van der Waals surface area contributed by atoms with Crippen LogP contribution in [0, 0.1) is 13.8 Å². The molecule has 4 nitrogen and oxygen atoms in total. The standard InChI is InChI=1S/C14H16ClN3OS/c1-7(12-8(2)18-19-9(12)3)17-11-6-4-5-10(15)13(11)14(16)20/h4-7,17H,1-3H3,(H2,16,20). The van der Waals surface area contributed by atoms with Crippen molar-refractivity contribution in [1.29, 1.82) is 0 Å². The zero-order valence-electron chi connectivity index (χ0n) is 11.5. The predicted molar refractivity (Wildman–Crippen MR) is 85.4 cm³/mol. The lowest BCUT2D eigenvalue weighted by Gasteiger charge is -2.18. The van der Waals surface area contributed by atoms with E-state index in [0.717, 1.165) is 22.7 Å². The molecule has 0 fully saturated rings. The molecular formula is C14H16ClN3OS. The van der Waals surface area contributed by atoms with Crippen molar-refractivity contribution >= 4 is 34.5 Å². The Morgan fingerprint density at radius 2 is 2.15 bits per heavy atom. The molecule has 1 atom stereocenters. The number of aryl methyl sites for hydroxylation is 2.